The third-order valence-electron chi connectivity index (χ3n) is 7.75. The third kappa shape index (κ3) is 4.51. The number of rotatable bonds is 5. The fourth-order valence-electron chi connectivity index (χ4n) is 5.68. The number of hydrogen-bond acceptors (Lipinski definition) is 7. The molecule has 4 N–H and O–H groups in total. The number of halogens is 2. The van der Waals surface area contributed by atoms with Gasteiger partial charge >= 0.3 is 5.97 Å². The monoisotopic (exact) mass is 553 g/mol. The van der Waals surface area contributed by atoms with Gasteiger partial charge in [-0.3, -0.25) is 4.79 Å². The van der Waals surface area contributed by atoms with E-state index in [9.17, 15) is 9.59 Å². The molecule has 0 saturated carbocycles. The predicted molar refractivity (Wildman–Crippen MR) is 148 cm³/mol. The Balaban J connectivity index is 1.45. The molecule has 38 heavy (non-hydrogen) atoms. The Morgan fingerprint density at radius 2 is 1.89 bits per heavy atom. The zero-order chi connectivity index (χ0) is 27.2. The lowest BCUT2D eigenvalue weighted by Gasteiger charge is -2.42. The Morgan fingerprint density at radius 3 is 2.58 bits per heavy atom. The summed E-state index contributed by atoms with van der Waals surface area (Å²) in [5.41, 5.74) is 16.6. The summed E-state index contributed by atoms with van der Waals surface area (Å²) in [4.78, 5) is 36.3. The maximum Gasteiger partial charge on any atom is 0.360 e. The molecule has 1 atom stereocenters. The average molecular weight is 554 g/mol. The van der Waals surface area contributed by atoms with Gasteiger partial charge in [-0.1, -0.05) is 41.4 Å². The number of fused-ring (bicyclic) bond motifs is 1. The van der Waals surface area contributed by atoms with Crippen molar-refractivity contribution in [1.29, 1.82) is 0 Å². The number of nitrogens with two attached hydrogens (primary N) is 2. The fourth-order valence-corrected chi connectivity index (χ4v) is 6.07. The second-order valence-corrected chi connectivity index (χ2v) is 10.7. The molecule has 2 heterocycles. The van der Waals surface area contributed by atoms with Gasteiger partial charge in [0.15, 0.2) is 11.5 Å². The molecule has 0 bridgehead atoms. The molecule has 8 nitrogen and oxygen atoms in total. The summed E-state index contributed by atoms with van der Waals surface area (Å²) in [5, 5.41) is 0.744. The smallest absolute Gasteiger partial charge is 0.360 e. The Hall–Kier alpha value is -3.20. The van der Waals surface area contributed by atoms with Crippen molar-refractivity contribution < 1.29 is 14.3 Å². The van der Waals surface area contributed by atoms with Crippen LogP contribution in [0.15, 0.2) is 36.4 Å². The molecule has 1 aromatic heterocycles. The lowest BCUT2D eigenvalue weighted by atomic mass is 9.73. The molecule has 198 valence electrons. The minimum Gasteiger partial charge on any atom is -0.461 e. The van der Waals surface area contributed by atoms with E-state index in [4.69, 9.17) is 49.4 Å². The highest BCUT2D eigenvalue weighted by Gasteiger charge is 2.46. The van der Waals surface area contributed by atoms with E-state index in [0.29, 0.717) is 51.5 Å². The van der Waals surface area contributed by atoms with Crippen LogP contribution in [0.3, 0.4) is 0 Å². The lowest BCUT2D eigenvalue weighted by Crippen LogP contribution is -2.45. The number of primary amides is 1. The molecule has 1 aliphatic heterocycles. The van der Waals surface area contributed by atoms with Gasteiger partial charge in [0, 0.05) is 30.3 Å². The van der Waals surface area contributed by atoms with Gasteiger partial charge < -0.3 is 21.1 Å². The molecule has 1 fully saturated rings. The number of aromatic nitrogens is 2. The number of anilines is 1. The van der Waals surface area contributed by atoms with E-state index in [2.05, 4.69) is 4.90 Å². The number of hydrogen-bond donors (Lipinski definition) is 2. The van der Waals surface area contributed by atoms with Crippen LogP contribution in [0.2, 0.25) is 10.0 Å². The first kappa shape index (κ1) is 26.4. The maximum atomic E-state index is 13.0. The molecule has 1 spiro atoms. The molecule has 1 aliphatic carbocycles. The average Bonchev–Trinajstić information content (AvgIpc) is 3.16. The zero-order valence-corrected chi connectivity index (χ0v) is 22.8. The largest absolute Gasteiger partial charge is 0.461 e. The molecule has 5 rings (SSSR count). The minimum absolute atomic E-state index is 0.143. The van der Waals surface area contributed by atoms with Crippen LogP contribution >= 0.6 is 23.2 Å². The number of piperidine rings is 1. The van der Waals surface area contributed by atoms with E-state index in [0.717, 1.165) is 30.4 Å². The highest BCUT2D eigenvalue weighted by atomic mass is 35.5. The van der Waals surface area contributed by atoms with Crippen LogP contribution in [0.4, 0.5) is 5.82 Å². The maximum absolute atomic E-state index is 13.0. The van der Waals surface area contributed by atoms with Crippen LogP contribution < -0.4 is 16.4 Å². The Labute approximate surface area is 231 Å². The summed E-state index contributed by atoms with van der Waals surface area (Å²) in [6.45, 7) is 5.08. The van der Waals surface area contributed by atoms with Crippen LogP contribution in [0.25, 0.3) is 11.3 Å². The van der Waals surface area contributed by atoms with Gasteiger partial charge in [0.2, 0.25) is 5.91 Å². The SMILES string of the molecule is CCOC(=O)c1nc(-c2cccc(Cl)c2Cl)c(C)nc1N1CCC2(CC1)Cc1ccc(C(N)=O)cc1[C@H]2N. The lowest BCUT2D eigenvalue weighted by molar-refractivity contribution is 0.0519. The van der Waals surface area contributed by atoms with Crippen molar-refractivity contribution in [3.63, 3.8) is 0 Å². The molecule has 2 aliphatic rings. The number of carbonyl (C=O) groups is 2. The molecule has 10 heteroatoms. The number of amides is 1. The number of carbonyl (C=O) groups excluding carboxylic acids is 2. The summed E-state index contributed by atoms with van der Waals surface area (Å²) in [6.07, 6.45) is 2.41. The van der Waals surface area contributed by atoms with Crippen LogP contribution in [-0.4, -0.2) is 41.5 Å². The van der Waals surface area contributed by atoms with Crippen molar-refractivity contribution in [2.24, 2.45) is 16.9 Å². The number of aryl methyl sites for hydroxylation is 1. The quantitative estimate of drug-likeness (QED) is 0.431. The Bertz CT molecular complexity index is 1440. The first-order valence-corrected chi connectivity index (χ1v) is 13.3. The third-order valence-corrected chi connectivity index (χ3v) is 8.57. The molecule has 1 saturated heterocycles. The molecule has 0 unspecified atom stereocenters. The second-order valence-electron chi connectivity index (χ2n) is 9.93. The first-order valence-electron chi connectivity index (χ1n) is 12.6. The van der Waals surface area contributed by atoms with Crippen molar-refractivity contribution in [3.05, 3.63) is 74.5 Å². The van der Waals surface area contributed by atoms with Gasteiger partial charge in [0.25, 0.3) is 0 Å². The standard InChI is InChI=1S/C28H29Cl2N5O3/c1-3-38-27(37)23-26(33-15(2)22(34-23)18-5-4-6-20(29)21(18)30)35-11-9-28(10-12-35)14-17-8-7-16(25(32)36)13-19(17)24(28)31/h4-8,13,24H,3,9-12,14,31H2,1-2H3,(H2,32,36)/t24-/m1/s1. The normalized spacial score (nSPS) is 17.9. The first-order chi connectivity index (χ1) is 18.1. The molecular formula is C28H29Cl2N5O3. The van der Waals surface area contributed by atoms with Crippen molar-refractivity contribution in [3.8, 4) is 11.3 Å². The van der Waals surface area contributed by atoms with Crippen molar-refractivity contribution in [2.75, 3.05) is 24.6 Å². The molecule has 1 amide bonds. The molecule has 0 radical (unpaired) electrons. The van der Waals surface area contributed by atoms with Crippen LogP contribution in [0, 0.1) is 12.3 Å². The number of ether oxygens (including phenoxy) is 1. The number of esters is 1. The molecular weight excluding hydrogens is 525 g/mol. The van der Waals surface area contributed by atoms with Gasteiger partial charge in [0.1, 0.15) is 0 Å². The summed E-state index contributed by atoms with van der Waals surface area (Å²) < 4.78 is 5.34. The van der Waals surface area contributed by atoms with Crippen LogP contribution in [-0.2, 0) is 11.2 Å². The van der Waals surface area contributed by atoms with Gasteiger partial charge in [-0.2, -0.15) is 0 Å². The fraction of sp³-hybridized carbons (Fsp3) is 0.357. The summed E-state index contributed by atoms with van der Waals surface area (Å²) in [5.74, 6) is -0.518. The molecule has 2 aromatic carbocycles. The van der Waals surface area contributed by atoms with Crippen molar-refractivity contribution >= 4 is 40.9 Å². The van der Waals surface area contributed by atoms with Crippen LogP contribution in [0.1, 0.15) is 63.5 Å². The van der Waals surface area contributed by atoms with E-state index >= 15 is 0 Å². The highest BCUT2D eigenvalue weighted by Crippen LogP contribution is 2.51. The van der Waals surface area contributed by atoms with E-state index in [1.807, 2.05) is 19.1 Å². The van der Waals surface area contributed by atoms with Crippen molar-refractivity contribution in [2.45, 2.75) is 39.2 Å². The summed E-state index contributed by atoms with van der Waals surface area (Å²) >= 11 is 12.7. The summed E-state index contributed by atoms with van der Waals surface area (Å²) in [7, 11) is 0. The van der Waals surface area contributed by atoms with Gasteiger partial charge in [-0.25, -0.2) is 14.8 Å². The molecule has 3 aromatic rings. The Morgan fingerprint density at radius 1 is 1.16 bits per heavy atom. The topological polar surface area (TPSA) is 124 Å². The van der Waals surface area contributed by atoms with Gasteiger partial charge in [0.05, 0.1) is 28.0 Å². The zero-order valence-electron chi connectivity index (χ0n) is 21.3. The van der Waals surface area contributed by atoms with E-state index in [1.165, 1.54) is 0 Å². The number of benzene rings is 2. The van der Waals surface area contributed by atoms with Gasteiger partial charge in [-0.05, 0) is 67.9 Å². The van der Waals surface area contributed by atoms with E-state index in [1.54, 1.807) is 31.2 Å². The van der Waals surface area contributed by atoms with Crippen LogP contribution in [0.5, 0.6) is 0 Å². The predicted octanol–water partition coefficient (Wildman–Crippen LogP) is 4.88. The van der Waals surface area contributed by atoms with E-state index in [-0.39, 0.29) is 23.8 Å². The minimum atomic E-state index is -0.543. The summed E-state index contributed by atoms with van der Waals surface area (Å²) in [6, 6.07) is 10.6. The highest BCUT2D eigenvalue weighted by molar-refractivity contribution is 6.43. The van der Waals surface area contributed by atoms with Gasteiger partial charge in [-0.15, -0.1) is 0 Å². The Kier molecular flexibility index (Phi) is 7.07. The van der Waals surface area contributed by atoms with Crippen molar-refractivity contribution in [1.82, 2.24) is 9.97 Å². The number of nitrogens with zero attached hydrogens (tertiary/aromatic N) is 3. The second kappa shape index (κ2) is 10.2. The van der Waals surface area contributed by atoms with E-state index < -0.39 is 11.9 Å².